The third-order valence-corrected chi connectivity index (χ3v) is 8.92. The quantitative estimate of drug-likeness (QED) is 0.152. The van der Waals surface area contributed by atoms with Crippen molar-refractivity contribution in [2.24, 2.45) is 0 Å². The van der Waals surface area contributed by atoms with Crippen LogP contribution in [-0.4, -0.2) is 97.9 Å². The van der Waals surface area contributed by atoms with Crippen LogP contribution in [0.5, 0.6) is 0 Å². The molecule has 3 heterocycles. The second-order valence-electron chi connectivity index (χ2n) is 13.4. The van der Waals surface area contributed by atoms with E-state index < -0.39 is 41.9 Å². The molecule has 0 radical (unpaired) electrons. The number of hydrogen-bond acceptors (Lipinski definition) is 9. The Morgan fingerprint density at radius 1 is 0.978 bits per heavy atom. The molecule has 11 nitrogen and oxygen atoms in total. The number of anilines is 1. The Labute approximate surface area is 275 Å². The molecule has 260 valence electrons. The average molecular weight is 648 g/mol. The number of fused-ring (bicyclic) bond motifs is 1. The third-order valence-electron chi connectivity index (χ3n) is 8.92. The summed E-state index contributed by atoms with van der Waals surface area (Å²) in [5.41, 5.74) is 1.14. The van der Waals surface area contributed by atoms with Gasteiger partial charge in [-0.1, -0.05) is 70.4 Å². The number of aliphatic carboxylic acids is 1. The lowest BCUT2D eigenvalue weighted by Crippen LogP contribution is -2.46. The minimum Gasteiger partial charge on any atom is -0.481 e. The topological polar surface area (TPSA) is 128 Å². The normalized spacial score (nSPS) is 25.8. The van der Waals surface area contributed by atoms with Gasteiger partial charge in [-0.25, -0.2) is 4.79 Å². The number of rotatable bonds is 20. The molecule has 3 saturated heterocycles. The lowest BCUT2D eigenvalue weighted by atomic mass is 10.1. The van der Waals surface area contributed by atoms with E-state index in [4.69, 9.17) is 28.8 Å². The zero-order valence-corrected chi connectivity index (χ0v) is 28.2. The molecule has 0 aliphatic carbocycles. The van der Waals surface area contributed by atoms with Crippen molar-refractivity contribution in [2.75, 3.05) is 51.3 Å². The molecule has 0 unspecified atom stereocenters. The molecule has 1 aromatic carbocycles. The first-order valence-electron chi connectivity index (χ1n) is 17.5. The minimum absolute atomic E-state index is 0.0887. The van der Waals surface area contributed by atoms with Crippen molar-refractivity contribution in [2.45, 2.75) is 128 Å². The summed E-state index contributed by atoms with van der Waals surface area (Å²) in [4.78, 5) is 26.7. The van der Waals surface area contributed by atoms with Gasteiger partial charge in [0.1, 0.15) is 12.7 Å². The molecule has 0 spiro atoms. The molecule has 3 aliphatic rings. The first-order valence-corrected chi connectivity index (χ1v) is 17.5. The van der Waals surface area contributed by atoms with Crippen LogP contribution in [-0.2, 0) is 34.9 Å². The molecule has 1 amide bonds. The highest BCUT2D eigenvalue weighted by molar-refractivity contribution is 5.85. The number of nitrogens with one attached hydrogen (secondary N) is 2. The van der Waals surface area contributed by atoms with Gasteiger partial charge in [-0.15, -0.1) is 0 Å². The van der Waals surface area contributed by atoms with Crippen LogP contribution in [0, 0.1) is 0 Å². The Morgan fingerprint density at radius 2 is 1.67 bits per heavy atom. The molecule has 3 aliphatic heterocycles. The number of carbonyl (C=O) groups is 2. The summed E-state index contributed by atoms with van der Waals surface area (Å²) in [6, 6.07) is 6.66. The van der Waals surface area contributed by atoms with Gasteiger partial charge < -0.3 is 39.0 Å². The van der Waals surface area contributed by atoms with Crippen molar-refractivity contribution >= 4 is 17.7 Å². The molecular formula is C35H57N3O8. The van der Waals surface area contributed by atoms with Gasteiger partial charge >= 0.3 is 12.1 Å². The number of likely N-dealkylation sites (tertiary alicyclic amines) is 1. The van der Waals surface area contributed by atoms with Gasteiger partial charge in [0.25, 0.3) is 0 Å². The SMILES string of the molecule is CCCCCCCCCCOC[C@@]12O[C@@H](CNCCN3CCCCC3)[C@@H](OC(=O)Nc3ccc(CC(=O)O)cc3)[C@@H]1OC(C)(C)O2. The van der Waals surface area contributed by atoms with E-state index in [0.29, 0.717) is 24.4 Å². The van der Waals surface area contributed by atoms with Crippen molar-refractivity contribution < 1.29 is 38.4 Å². The van der Waals surface area contributed by atoms with E-state index >= 15 is 0 Å². The van der Waals surface area contributed by atoms with E-state index in [2.05, 4.69) is 22.5 Å². The maximum Gasteiger partial charge on any atom is 0.412 e. The number of nitrogens with zero attached hydrogens (tertiary/aromatic N) is 1. The van der Waals surface area contributed by atoms with E-state index in [-0.39, 0.29) is 13.0 Å². The molecule has 4 rings (SSSR count). The van der Waals surface area contributed by atoms with Gasteiger partial charge in [0.2, 0.25) is 5.79 Å². The van der Waals surface area contributed by atoms with E-state index in [0.717, 1.165) is 39.0 Å². The molecule has 1 aromatic rings. The van der Waals surface area contributed by atoms with Crippen LogP contribution in [0.3, 0.4) is 0 Å². The van der Waals surface area contributed by atoms with Crippen LogP contribution in [0.15, 0.2) is 24.3 Å². The summed E-state index contributed by atoms with van der Waals surface area (Å²) in [7, 11) is 0. The van der Waals surface area contributed by atoms with Crippen LogP contribution in [0.4, 0.5) is 10.5 Å². The van der Waals surface area contributed by atoms with E-state index in [1.54, 1.807) is 24.3 Å². The summed E-state index contributed by atoms with van der Waals surface area (Å²) in [6.45, 7) is 11.1. The standard InChI is InChI=1S/C35H57N3O8/c1-4-5-6-7-8-9-10-14-23-42-26-35-32(45-34(2,3)46-35)31(29(44-35)25-36-19-22-38-20-12-11-13-21-38)43-33(41)37-28-17-15-27(16-18-28)24-30(39)40/h15-18,29,31-32,36H,4-14,19-26H2,1-3H3,(H,37,41)(H,39,40)/t29-,31+,32-,35-/m0/s1. The van der Waals surface area contributed by atoms with Crippen molar-refractivity contribution in [1.29, 1.82) is 0 Å². The van der Waals surface area contributed by atoms with E-state index in [1.807, 2.05) is 13.8 Å². The fourth-order valence-electron chi connectivity index (χ4n) is 6.63. The van der Waals surface area contributed by atoms with Crippen LogP contribution >= 0.6 is 0 Å². The number of benzene rings is 1. The van der Waals surface area contributed by atoms with Gasteiger partial charge in [0.15, 0.2) is 18.0 Å². The van der Waals surface area contributed by atoms with Crippen LogP contribution in [0.1, 0.15) is 97.0 Å². The fourth-order valence-corrected chi connectivity index (χ4v) is 6.63. The smallest absolute Gasteiger partial charge is 0.412 e. The summed E-state index contributed by atoms with van der Waals surface area (Å²) in [5, 5.41) is 15.3. The van der Waals surface area contributed by atoms with Crippen LogP contribution in [0.25, 0.3) is 0 Å². The van der Waals surface area contributed by atoms with Gasteiger partial charge in [-0.3, -0.25) is 10.1 Å². The molecule has 3 N–H and O–H groups in total. The molecule has 3 fully saturated rings. The molecule has 46 heavy (non-hydrogen) atoms. The van der Waals surface area contributed by atoms with Crippen molar-refractivity contribution in [3.63, 3.8) is 0 Å². The number of amides is 1. The number of piperidine rings is 1. The maximum absolute atomic E-state index is 13.2. The number of carboxylic acids is 1. The third kappa shape index (κ3) is 11.5. The Morgan fingerprint density at radius 3 is 2.37 bits per heavy atom. The predicted molar refractivity (Wildman–Crippen MR) is 176 cm³/mol. The van der Waals surface area contributed by atoms with Crippen molar-refractivity contribution in [3.05, 3.63) is 29.8 Å². The highest BCUT2D eigenvalue weighted by Crippen LogP contribution is 2.46. The number of carboxylic acid groups (broad SMARTS) is 1. The molecular weight excluding hydrogens is 590 g/mol. The van der Waals surface area contributed by atoms with Gasteiger partial charge in [-0.2, -0.15) is 0 Å². The first-order chi connectivity index (χ1) is 22.2. The van der Waals surface area contributed by atoms with Crippen molar-refractivity contribution in [1.82, 2.24) is 10.2 Å². The van der Waals surface area contributed by atoms with Crippen molar-refractivity contribution in [3.8, 4) is 0 Å². The Bertz CT molecular complexity index is 1060. The molecule has 11 heteroatoms. The van der Waals surface area contributed by atoms with Gasteiger partial charge in [-0.05, 0) is 63.9 Å². The molecule has 4 atom stereocenters. The molecule has 0 aromatic heterocycles. The largest absolute Gasteiger partial charge is 0.481 e. The number of unbranched alkanes of at least 4 members (excludes halogenated alkanes) is 7. The Hall–Kier alpha value is -2.28. The number of hydrogen-bond donors (Lipinski definition) is 3. The minimum atomic E-state index is -1.20. The van der Waals surface area contributed by atoms with Crippen LogP contribution < -0.4 is 10.6 Å². The summed E-state index contributed by atoms with van der Waals surface area (Å²) >= 11 is 0. The Balaban J connectivity index is 1.35. The second-order valence-corrected chi connectivity index (χ2v) is 13.4. The second kappa shape index (κ2) is 18.3. The highest BCUT2D eigenvalue weighted by atomic mass is 16.9. The van der Waals surface area contributed by atoms with Crippen LogP contribution in [0.2, 0.25) is 0 Å². The number of carbonyl (C=O) groups excluding carboxylic acids is 1. The van der Waals surface area contributed by atoms with Gasteiger partial charge in [0.05, 0.1) is 6.42 Å². The average Bonchev–Trinajstić information content (AvgIpc) is 3.43. The monoisotopic (exact) mass is 647 g/mol. The first kappa shape index (κ1) is 36.6. The molecule has 0 bridgehead atoms. The highest BCUT2D eigenvalue weighted by Gasteiger charge is 2.66. The fraction of sp³-hybridized carbons (Fsp3) is 0.771. The summed E-state index contributed by atoms with van der Waals surface area (Å²) in [5.74, 6) is -3.06. The lowest BCUT2D eigenvalue weighted by molar-refractivity contribution is -0.277. The summed E-state index contributed by atoms with van der Waals surface area (Å²) < 4.78 is 31.5. The number of ether oxygens (including phenoxy) is 5. The van der Waals surface area contributed by atoms with E-state index in [1.165, 1.54) is 57.8 Å². The zero-order valence-electron chi connectivity index (χ0n) is 28.2. The zero-order chi connectivity index (χ0) is 32.8. The summed E-state index contributed by atoms with van der Waals surface area (Å²) in [6.07, 6.45) is 10.9. The maximum atomic E-state index is 13.2. The Kier molecular flexibility index (Phi) is 14.6. The lowest BCUT2D eigenvalue weighted by Gasteiger charge is -2.29. The predicted octanol–water partition coefficient (Wildman–Crippen LogP) is 5.71. The van der Waals surface area contributed by atoms with E-state index in [9.17, 15) is 9.59 Å². The molecule has 0 saturated carbocycles. The van der Waals surface area contributed by atoms with Gasteiger partial charge in [0, 0.05) is 31.9 Å².